The monoisotopic (exact) mass is 278 g/mol. The molecular weight excluding hydrogens is 248 g/mol. The molecule has 1 aliphatic heterocycles. The number of allylic oxidation sites excluding steroid dienone is 3. The molecule has 0 amide bonds. The minimum atomic E-state index is 0.298. The molecule has 0 aromatic rings. The van der Waals surface area contributed by atoms with E-state index in [4.69, 9.17) is 9.78 Å². The number of unbranched alkanes of at least 4 members (excludes halogenated alkanes) is 4. The summed E-state index contributed by atoms with van der Waals surface area (Å²) in [6, 6.07) is 0. The maximum atomic E-state index is 5.42. The van der Waals surface area contributed by atoms with Crippen LogP contribution in [-0.4, -0.2) is 12.2 Å². The highest BCUT2D eigenvalue weighted by Gasteiger charge is 2.48. The predicted octanol–water partition coefficient (Wildman–Crippen LogP) is 5.20. The zero-order valence-corrected chi connectivity index (χ0v) is 13.1. The number of rotatable bonds is 9. The lowest BCUT2D eigenvalue weighted by Gasteiger charge is -2.27. The van der Waals surface area contributed by atoms with Crippen LogP contribution in [0.25, 0.3) is 0 Å². The Balaban J connectivity index is 1.78. The molecule has 0 aromatic heterocycles. The van der Waals surface area contributed by atoms with Crippen molar-refractivity contribution >= 4 is 0 Å². The van der Waals surface area contributed by atoms with Crippen molar-refractivity contribution in [2.24, 2.45) is 11.8 Å². The fraction of sp³-hybridized carbons (Fsp3) is 0.778. The van der Waals surface area contributed by atoms with Crippen LogP contribution in [0.2, 0.25) is 0 Å². The lowest BCUT2D eigenvalue weighted by Crippen LogP contribution is -2.28. The summed E-state index contributed by atoms with van der Waals surface area (Å²) in [4.78, 5) is 10.8. The number of hydrogen-bond donors (Lipinski definition) is 0. The molecule has 2 bridgehead atoms. The molecule has 2 fully saturated rings. The van der Waals surface area contributed by atoms with Gasteiger partial charge in [0.2, 0.25) is 0 Å². The van der Waals surface area contributed by atoms with E-state index < -0.39 is 0 Å². The first-order valence-electron chi connectivity index (χ1n) is 8.50. The first kappa shape index (κ1) is 15.8. The van der Waals surface area contributed by atoms with Crippen LogP contribution < -0.4 is 0 Å². The summed E-state index contributed by atoms with van der Waals surface area (Å²) in [5.41, 5.74) is 0. The quantitative estimate of drug-likeness (QED) is 0.328. The van der Waals surface area contributed by atoms with Crippen LogP contribution in [0, 0.1) is 11.8 Å². The highest BCUT2D eigenvalue weighted by Crippen LogP contribution is 2.44. The third kappa shape index (κ3) is 4.20. The van der Waals surface area contributed by atoms with E-state index in [0.717, 1.165) is 19.3 Å². The predicted molar refractivity (Wildman–Crippen MR) is 83.3 cm³/mol. The van der Waals surface area contributed by atoms with Crippen LogP contribution >= 0.6 is 0 Å². The molecule has 2 rings (SSSR count). The van der Waals surface area contributed by atoms with E-state index in [-0.39, 0.29) is 0 Å². The Bertz CT molecular complexity index is 321. The van der Waals surface area contributed by atoms with Crippen molar-refractivity contribution in [3.63, 3.8) is 0 Å². The minimum absolute atomic E-state index is 0.298. The fourth-order valence-corrected chi connectivity index (χ4v) is 3.38. The fourth-order valence-electron chi connectivity index (χ4n) is 3.38. The lowest BCUT2D eigenvalue weighted by molar-refractivity contribution is -0.336. The molecule has 2 nitrogen and oxygen atoms in total. The summed E-state index contributed by atoms with van der Waals surface area (Å²) in [6.07, 6.45) is 19.9. The van der Waals surface area contributed by atoms with Gasteiger partial charge in [0.15, 0.2) is 0 Å². The van der Waals surface area contributed by atoms with Gasteiger partial charge in [0, 0.05) is 18.3 Å². The first-order chi connectivity index (χ1) is 9.86. The highest BCUT2D eigenvalue weighted by molar-refractivity contribution is 5.06. The standard InChI is InChI=1S/C18H30O2/c1-3-5-7-8-9-11-13-16-15(12-10-6-4-2)17-14-18(16)20-19-17/h6,10-11,13,15-18H,3-5,7-9,12,14H2,1-2H3/b10-6-,13-11+/t15-,16?,17+,18-/m1/s1. The Hall–Kier alpha value is -0.600. The van der Waals surface area contributed by atoms with Crippen molar-refractivity contribution in [3.8, 4) is 0 Å². The topological polar surface area (TPSA) is 18.5 Å². The van der Waals surface area contributed by atoms with Crippen LogP contribution in [0.4, 0.5) is 0 Å². The third-order valence-corrected chi connectivity index (χ3v) is 4.56. The molecule has 1 unspecified atom stereocenters. The van der Waals surface area contributed by atoms with Crippen molar-refractivity contribution in [2.45, 2.75) is 77.4 Å². The Morgan fingerprint density at radius 2 is 1.80 bits per heavy atom. The molecule has 2 aliphatic rings. The Morgan fingerprint density at radius 3 is 2.60 bits per heavy atom. The average Bonchev–Trinajstić information content (AvgIpc) is 3.05. The highest BCUT2D eigenvalue weighted by atomic mass is 17.2. The van der Waals surface area contributed by atoms with Crippen molar-refractivity contribution in [3.05, 3.63) is 24.3 Å². The maximum Gasteiger partial charge on any atom is 0.102 e. The average molecular weight is 278 g/mol. The zero-order chi connectivity index (χ0) is 14.2. The van der Waals surface area contributed by atoms with Gasteiger partial charge in [0.05, 0.1) is 6.10 Å². The summed E-state index contributed by atoms with van der Waals surface area (Å²) in [5.74, 6) is 1.17. The van der Waals surface area contributed by atoms with Gasteiger partial charge in [-0.25, -0.2) is 9.78 Å². The molecule has 0 spiro atoms. The summed E-state index contributed by atoms with van der Waals surface area (Å²) < 4.78 is 0. The van der Waals surface area contributed by atoms with Gasteiger partial charge in [-0.3, -0.25) is 0 Å². The second-order valence-corrected chi connectivity index (χ2v) is 6.14. The van der Waals surface area contributed by atoms with Gasteiger partial charge < -0.3 is 0 Å². The van der Waals surface area contributed by atoms with Crippen molar-refractivity contribution in [2.75, 3.05) is 0 Å². The van der Waals surface area contributed by atoms with E-state index in [1.807, 2.05) is 0 Å². The molecule has 0 N–H and O–H groups in total. The van der Waals surface area contributed by atoms with Gasteiger partial charge in [-0.1, -0.05) is 57.4 Å². The molecule has 4 atom stereocenters. The lowest BCUT2D eigenvalue weighted by atomic mass is 9.89. The van der Waals surface area contributed by atoms with Crippen molar-refractivity contribution < 1.29 is 9.78 Å². The van der Waals surface area contributed by atoms with E-state index in [1.165, 1.54) is 32.1 Å². The molecular formula is C18H30O2. The Morgan fingerprint density at radius 1 is 0.950 bits per heavy atom. The Labute approximate surface area is 124 Å². The van der Waals surface area contributed by atoms with E-state index >= 15 is 0 Å². The second-order valence-electron chi connectivity index (χ2n) is 6.14. The van der Waals surface area contributed by atoms with E-state index in [9.17, 15) is 0 Å². The van der Waals surface area contributed by atoms with Crippen LogP contribution in [0.5, 0.6) is 0 Å². The summed E-state index contributed by atoms with van der Waals surface area (Å²) >= 11 is 0. The van der Waals surface area contributed by atoms with Gasteiger partial charge in [-0.05, 0) is 25.7 Å². The molecule has 1 aliphatic carbocycles. The maximum absolute atomic E-state index is 5.42. The summed E-state index contributed by atoms with van der Waals surface area (Å²) in [6.45, 7) is 4.45. The van der Waals surface area contributed by atoms with Gasteiger partial charge in [-0.15, -0.1) is 0 Å². The largest absolute Gasteiger partial charge is 0.233 e. The molecule has 2 heteroatoms. The normalized spacial score (nSPS) is 32.9. The SMILES string of the molecule is CC/C=C\C[C@@H]1C(/C=C/CCCCCC)[C@H]2C[C@@H]1OO2. The summed E-state index contributed by atoms with van der Waals surface area (Å²) in [7, 11) is 0. The van der Waals surface area contributed by atoms with Gasteiger partial charge in [0.25, 0.3) is 0 Å². The van der Waals surface area contributed by atoms with Crippen LogP contribution in [0.15, 0.2) is 24.3 Å². The Kier molecular flexibility index (Phi) is 6.81. The van der Waals surface area contributed by atoms with E-state index in [2.05, 4.69) is 38.2 Å². The van der Waals surface area contributed by atoms with Crippen LogP contribution in [0.1, 0.15) is 65.2 Å². The second kappa shape index (κ2) is 8.63. The molecule has 1 heterocycles. The third-order valence-electron chi connectivity index (χ3n) is 4.56. The minimum Gasteiger partial charge on any atom is -0.233 e. The number of hydrogen-bond acceptors (Lipinski definition) is 2. The van der Waals surface area contributed by atoms with Gasteiger partial charge >= 0.3 is 0 Å². The van der Waals surface area contributed by atoms with Gasteiger partial charge in [-0.2, -0.15) is 0 Å². The van der Waals surface area contributed by atoms with E-state index in [0.29, 0.717) is 24.0 Å². The molecule has 114 valence electrons. The van der Waals surface area contributed by atoms with Gasteiger partial charge in [0.1, 0.15) is 6.10 Å². The summed E-state index contributed by atoms with van der Waals surface area (Å²) in [5, 5.41) is 0. The van der Waals surface area contributed by atoms with Crippen molar-refractivity contribution in [1.29, 1.82) is 0 Å². The molecule has 0 radical (unpaired) electrons. The smallest absolute Gasteiger partial charge is 0.102 e. The molecule has 1 saturated heterocycles. The molecule has 0 aromatic carbocycles. The van der Waals surface area contributed by atoms with Crippen LogP contribution in [-0.2, 0) is 9.78 Å². The molecule has 1 saturated carbocycles. The van der Waals surface area contributed by atoms with E-state index in [1.54, 1.807) is 0 Å². The first-order valence-corrected chi connectivity index (χ1v) is 8.50. The zero-order valence-electron chi connectivity index (χ0n) is 13.1. The van der Waals surface area contributed by atoms with Crippen LogP contribution in [0.3, 0.4) is 0 Å². The molecule has 20 heavy (non-hydrogen) atoms. The van der Waals surface area contributed by atoms with Crippen molar-refractivity contribution in [1.82, 2.24) is 0 Å². The number of fused-ring (bicyclic) bond motifs is 2.